The molecule has 0 fully saturated rings. The standard InChI is InChI=1S/C13H17ClN2/c1-8(6-15)5-10-7-16-13-9(2)3-4-11(14)12(10)13/h3-4,7-8,16H,5-6,15H2,1-2H3. The molecule has 0 saturated carbocycles. The highest BCUT2D eigenvalue weighted by Crippen LogP contribution is 2.30. The molecule has 0 spiro atoms. The Kier molecular flexibility index (Phi) is 3.22. The molecule has 2 aromatic rings. The number of fused-ring (bicyclic) bond motifs is 1. The van der Waals surface area contributed by atoms with Crippen molar-refractivity contribution in [1.29, 1.82) is 0 Å². The monoisotopic (exact) mass is 236 g/mol. The number of aromatic amines is 1. The number of halogens is 1. The van der Waals surface area contributed by atoms with E-state index in [-0.39, 0.29) is 0 Å². The Labute approximate surface area is 101 Å². The molecular formula is C13H17ClN2. The summed E-state index contributed by atoms with van der Waals surface area (Å²) >= 11 is 6.25. The third kappa shape index (κ3) is 1.95. The van der Waals surface area contributed by atoms with Gasteiger partial charge in [0.1, 0.15) is 0 Å². The maximum Gasteiger partial charge on any atom is 0.0502 e. The zero-order chi connectivity index (χ0) is 11.7. The third-order valence-corrected chi connectivity index (χ3v) is 3.36. The van der Waals surface area contributed by atoms with Crippen LogP contribution in [0.3, 0.4) is 0 Å². The van der Waals surface area contributed by atoms with Crippen LogP contribution >= 0.6 is 11.6 Å². The summed E-state index contributed by atoms with van der Waals surface area (Å²) in [5, 5.41) is 1.98. The second kappa shape index (κ2) is 4.48. The van der Waals surface area contributed by atoms with E-state index in [0.29, 0.717) is 12.5 Å². The smallest absolute Gasteiger partial charge is 0.0502 e. The lowest BCUT2D eigenvalue weighted by atomic mass is 10.00. The molecule has 1 heterocycles. The minimum absolute atomic E-state index is 0.482. The summed E-state index contributed by atoms with van der Waals surface area (Å²) in [6, 6.07) is 4.00. The quantitative estimate of drug-likeness (QED) is 0.844. The lowest BCUT2D eigenvalue weighted by Gasteiger charge is -2.07. The molecule has 16 heavy (non-hydrogen) atoms. The lowest BCUT2D eigenvalue weighted by Crippen LogP contribution is -2.12. The van der Waals surface area contributed by atoms with Crippen molar-refractivity contribution in [3.8, 4) is 0 Å². The largest absolute Gasteiger partial charge is 0.361 e. The molecule has 0 aliphatic carbocycles. The van der Waals surface area contributed by atoms with Gasteiger partial charge >= 0.3 is 0 Å². The van der Waals surface area contributed by atoms with Crippen molar-refractivity contribution in [2.24, 2.45) is 11.7 Å². The van der Waals surface area contributed by atoms with Gasteiger partial charge in [-0.15, -0.1) is 0 Å². The molecule has 3 N–H and O–H groups in total. The summed E-state index contributed by atoms with van der Waals surface area (Å²) in [7, 11) is 0. The first-order valence-electron chi connectivity index (χ1n) is 5.58. The van der Waals surface area contributed by atoms with E-state index in [4.69, 9.17) is 17.3 Å². The van der Waals surface area contributed by atoms with Crippen molar-refractivity contribution in [1.82, 2.24) is 4.98 Å². The van der Waals surface area contributed by atoms with E-state index in [1.165, 1.54) is 11.1 Å². The molecule has 3 heteroatoms. The van der Waals surface area contributed by atoms with E-state index in [2.05, 4.69) is 25.0 Å². The minimum Gasteiger partial charge on any atom is -0.361 e. The van der Waals surface area contributed by atoms with Gasteiger partial charge in [-0.1, -0.05) is 24.6 Å². The molecule has 2 rings (SSSR count). The number of nitrogens with two attached hydrogens (primary N) is 1. The van der Waals surface area contributed by atoms with Crippen molar-refractivity contribution in [2.45, 2.75) is 20.3 Å². The maximum atomic E-state index is 6.25. The molecule has 1 unspecified atom stereocenters. The van der Waals surface area contributed by atoms with Crippen LogP contribution in [-0.4, -0.2) is 11.5 Å². The minimum atomic E-state index is 0.482. The van der Waals surface area contributed by atoms with Crippen molar-refractivity contribution < 1.29 is 0 Å². The Morgan fingerprint density at radius 1 is 1.44 bits per heavy atom. The van der Waals surface area contributed by atoms with E-state index < -0.39 is 0 Å². The number of H-pyrrole nitrogens is 1. The van der Waals surface area contributed by atoms with Crippen molar-refractivity contribution in [3.05, 3.63) is 34.5 Å². The van der Waals surface area contributed by atoms with Crippen LogP contribution in [0, 0.1) is 12.8 Å². The molecule has 0 saturated heterocycles. The highest BCUT2D eigenvalue weighted by Gasteiger charge is 2.11. The van der Waals surface area contributed by atoms with Gasteiger partial charge < -0.3 is 10.7 Å². The SMILES string of the molecule is Cc1ccc(Cl)c2c(CC(C)CN)c[nH]c12. The molecule has 1 aromatic carbocycles. The highest BCUT2D eigenvalue weighted by atomic mass is 35.5. The summed E-state index contributed by atoms with van der Waals surface area (Å²) in [5.74, 6) is 0.482. The highest BCUT2D eigenvalue weighted by molar-refractivity contribution is 6.35. The number of nitrogens with one attached hydrogen (secondary N) is 1. The summed E-state index contributed by atoms with van der Waals surface area (Å²) in [6.45, 7) is 4.95. The van der Waals surface area contributed by atoms with Crippen molar-refractivity contribution in [3.63, 3.8) is 0 Å². The van der Waals surface area contributed by atoms with E-state index in [1.54, 1.807) is 0 Å². The summed E-state index contributed by atoms with van der Waals surface area (Å²) in [6.07, 6.45) is 3.02. The maximum absolute atomic E-state index is 6.25. The van der Waals surface area contributed by atoms with Gasteiger partial charge in [0.15, 0.2) is 0 Å². The van der Waals surface area contributed by atoms with Gasteiger partial charge in [0, 0.05) is 11.6 Å². The van der Waals surface area contributed by atoms with Crippen LogP contribution in [0.2, 0.25) is 5.02 Å². The Hall–Kier alpha value is -0.990. The normalized spacial score (nSPS) is 13.2. The fraction of sp³-hybridized carbons (Fsp3) is 0.385. The van der Waals surface area contributed by atoms with Crippen LogP contribution in [-0.2, 0) is 6.42 Å². The number of aryl methyl sites for hydroxylation is 1. The number of hydrogen-bond donors (Lipinski definition) is 2. The lowest BCUT2D eigenvalue weighted by molar-refractivity contribution is 0.595. The Balaban J connectivity index is 2.51. The molecular weight excluding hydrogens is 220 g/mol. The second-order valence-electron chi connectivity index (χ2n) is 4.47. The van der Waals surface area contributed by atoms with Gasteiger partial charge in [-0.2, -0.15) is 0 Å². The van der Waals surface area contributed by atoms with Crippen LogP contribution in [0.15, 0.2) is 18.3 Å². The van der Waals surface area contributed by atoms with E-state index in [9.17, 15) is 0 Å². The van der Waals surface area contributed by atoms with Crippen molar-refractivity contribution in [2.75, 3.05) is 6.54 Å². The average molecular weight is 237 g/mol. The first-order chi connectivity index (χ1) is 7.63. The van der Waals surface area contributed by atoms with Crippen LogP contribution in [0.25, 0.3) is 10.9 Å². The predicted molar refractivity (Wildman–Crippen MR) is 70.0 cm³/mol. The second-order valence-corrected chi connectivity index (χ2v) is 4.88. The van der Waals surface area contributed by atoms with Crippen LogP contribution < -0.4 is 5.73 Å². The number of benzene rings is 1. The number of hydrogen-bond acceptors (Lipinski definition) is 1. The molecule has 0 radical (unpaired) electrons. The van der Waals surface area contributed by atoms with E-state index in [1.807, 2.05) is 12.1 Å². The molecule has 0 aliphatic rings. The topological polar surface area (TPSA) is 41.8 Å². The van der Waals surface area contributed by atoms with E-state index >= 15 is 0 Å². The fourth-order valence-corrected chi connectivity index (χ4v) is 2.31. The van der Waals surface area contributed by atoms with Crippen molar-refractivity contribution >= 4 is 22.5 Å². The van der Waals surface area contributed by atoms with Crippen LogP contribution in [0.4, 0.5) is 0 Å². The molecule has 0 aliphatic heterocycles. The van der Waals surface area contributed by atoms with Gasteiger partial charge in [0.2, 0.25) is 0 Å². The number of aromatic nitrogens is 1. The van der Waals surface area contributed by atoms with Gasteiger partial charge in [-0.05, 0) is 43.0 Å². The first kappa shape index (κ1) is 11.5. The third-order valence-electron chi connectivity index (χ3n) is 3.05. The molecule has 2 nitrogen and oxygen atoms in total. The first-order valence-corrected chi connectivity index (χ1v) is 5.96. The summed E-state index contributed by atoms with van der Waals surface area (Å²) in [5.41, 5.74) is 9.30. The predicted octanol–water partition coefficient (Wildman–Crippen LogP) is 3.27. The molecule has 1 aromatic heterocycles. The number of rotatable bonds is 3. The zero-order valence-corrected chi connectivity index (χ0v) is 10.4. The Bertz CT molecular complexity index is 502. The van der Waals surface area contributed by atoms with Gasteiger partial charge in [0.25, 0.3) is 0 Å². The van der Waals surface area contributed by atoms with Crippen LogP contribution in [0.1, 0.15) is 18.1 Å². The molecule has 86 valence electrons. The van der Waals surface area contributed by atoms with Crippen LogP contribution in [0.5, 0.6) is 0 Å². The van der Waals surface area contributed by atoms with Gasteiger partial charge in [-0.25, -0.2) is 0 Å². The summed E-state index contributed by atoms with van der Waals surface area (Å²) < 4.78 is 0. The van der Waals surface area contributed by atoms with E-state index in [0.717, 1.165) is 22.3 Å². The Morgan fingerprint density at radius 3 is 2.88 bits per heavy atom. The molecule has 0 amide bonds. The summed E-state index contributed by atoms with van der Waals surface area (Å²) in [4.78, 5) is 3.30. The zero-order valence-electron chi connectivity index (χ0n) is 9.68. The molecule has 0 bridgehead atoms. The van der Waals surface area contributed by atoms with Gasteiger partial charge in [-0.3, -0.25) is 0 Å². The molecule has 1 atom stereocenters. The fourth-order valence-electron chi connectivity index (χ4n) is 2.03. The van der Waals surface area contributed by atoms with Gasteiger partial charge in [0.05, 0.1) is 10.5 Å². The Morgan fingerprint density at radius 2 is 2.19 bits per heavy atom. The average Bonchev–Trinajstić information content (AvgIpc) is 2.68.